The summed E-state index contributed by atoms with van der Waals surface area (Å²) in [5, 5.41) is 3.02. The summed E-state index contributed by atoms with van der Waals surface area (Å²) in [4.78, 5) is 14.5. The van der Waals surface area contributed by atoms with E-state index < -0.39 is 0 Å². The minimum absolute atomic E-state index is 0.000614. The lowest BCUT2D eigenvalue weighted by Crippen LogP contribution is -2.45. The molecule has 0 spiro atoms. The molecule has 2 aromatic rings. The molecular formula is C18H24N4O2. The van der Waals surface area contributed by atoms with Crippen molar-refractivity contribution in [2.75, 3.05) is 20.6 Å². The summed E-state index contributed by atoms with van der Waals surface area (Å²) < 4.78 is 5.47. The minimum Gasteiger partial charge on any atom is -0.468 e. The number of rotatable bonds is 6. The van der Waals surface area contributed by atoms with Gasteiger partial charge >= 0.3 is 0 Å². The van der Waals surface area contributed by atoms with Crippen LogP contribution < -0.4 is 16.2 Å². The molecule has 1 amide bonds. The SMILES string of the molecule is CN(C)C(CNC(=O)C1CC(c2ccccc2)NN1)c1ccco1. The molecule has 3 N–H and O–H groups in total. The van der Waals surface area contributed by atoms with Crippen molar-refractivity contribution in [1.82, 2.24) is 21.1 Å². The topological polar surface area (TPSA) is 69.5 Å². The maximum Gasteiger partial charge on any atom is 0.238 e. The number of benzene rings is 1. The van der Waals surface area contributed by atoms with Crippen molar-refractivity contribution in [1.29, 1.82) is 0 Å². The van der Waals surface area contributed by atoms with Crippen molar-refractivity contribution >= 4 is 5.91 Å². The van der Waals surface area contributed by atoms with Gasteiger partial charge in [0, 0.05) is 12.6 Å². The van der Waals surface area contributed by atoms with Gasteiger partial charge in [0.1, 0.15) is 11.8 Å². The molecule has 0 aliphatic carbocycles. The van der Waals surface area contributed by atoms with Crippen molar-refractivity contribution in [3.05, 3.63) is 60.1 Å². The van der Waals surface area contributed by atoms with E-state index in [1.54, 1.807) is 6.26 Å². The molecule has 0 saturated carbocycles. The van der Waals surface area contributed by atoms with E-state index >= 15 is 0 Å². The Bertz CT molecular complexity index is 642. The predicted octanol–water partition coefficient (Wildman–Crippen LogP) is 1.61. The third-order valence-electron chi connectivity index (χ3n) is 4.39. The lowest BCUT2D eigenvalue weighted by molar-refractivity contribution is -0.123. The molecule has 1 aromatic carbocycles. The molecule has 1 aliphatic heterocycles. The summed E-state index contributed by atoms with van der Waals surface area (Å²) in [6.45, 7) is 0.507. The van der Waals surface area contributed by atoms with Crippen LogP contribution in [0.15, 0.2) is 53.1 Å². The molecule has 1 aliphatic rings. The third-order valence-corrected chi connectivity index (χ3v) is 4.39. The molecular weight excluding hydrogens is 304 g/mol. The highest BCUT2D eigenvalue weighted by molar-refractivity contribution is 5.82. The van der Waals surface area contributed by atoms with Crippen LogP contribution in [0, 0.1) is 0 Å². The van der Waals surface area contributed by atoms with Gasteiger partial charge < -0.3 is 9.73 Å². The molecule has 1 fully saturated rings. The summed E-state index contributed by atoms with van der Waals surface area (Å²) in [7, 11) is 3.94. The zero-order valence-electron chi connectivity index (χ0n) is 14.0. The van der Waals surface area contributed by atoms with Gasteiger partial charge in [-0.3, -0.25) is 9.69 Å². The largest absolute Gasteiger partial charge is 0.468 e. The predicted molar refractivity (Wildman–Crippen MR) is 92.0 cm³/mol. The fourth-order valence-electron chi connectivity index (χ4n) is 2.97. The number of hydrazine groups is 1. The Hall–Kier alpha value is -2.15. The smallest absolute Gasteiger partial charge is 0.238 e. The molecule has 6 nitrogen and oxygen atoms in total. The summed E-state index contributed by atoms with van der Waals surface area (Å²) in [5.74, 6) is 0.847. The van der Waals surface area contributed by atoms with E-state index in [4.69, 9.17) is 4.42 Å². The second kappa shape index (κ2) is 7.61. The van der Waals surface area contributed by atoms with E-state index in [-0.39, 0.29) is 24.0 Å². The number of carbonyl (C=O) groups is 1. The van der Waals surface area contributed by atoms with E-state index in [0.717, 1.165) is 12.2 Å². The molecule has 3 rings (SSSR count). The lowest BCUT2D eigenvalue weighted by atomic mass is 10.0. The van der Waals surface area contributed by atoms with Crippen LogP contribution in [0.25, 0.3) is 0 Å². The highest BCUT2D eigenvalue weighted by atomic mass is 16.3. The third kappa shape index (κ3) is 3.84. The van der Waals surface area contributed by atoms with Gasteiger partial charge in [-0.25, -0.2) is 10.9 Å². The Morgan fingerprint density at radius 2 is 2.04 bits per heavy atom. The molecule has 3 atom stereocenters. The van der Waals surface area contributed by atoms with Gasteiger partial charge in [0.2, 0.25) is 5.91 Å². The number of hydrogen-bond donors (Lipinski definition) is 3. The lowest BCUT2D eigenvalue weighted by Gasteiger charge is -2.23. The molecule has 6 heteroatoms. The quantitative estimate of drug-likeness (QED) is 0.751. The van der Waals surface area contributed by atoms with Crippen LogP contribution in [0.1, 0.15) is 29.8 Å². The van der Waals surface area contributed by atoms with Crippen molar-refractivity contribution in [3.63, 3.8) is 0 Å². The summed E-state index contributed by atoms with van der Waals surface area (Å²) >= 11 is 0. The zero-order valence-corrected chi connectivity index (χ0v) is 14.0. The highest BCUT2D eigenvalue weighted by Crippen LogP contribution is 2.22. The van der Waals surface area contributed by atoms with Crippen LogP contribution in [0.2, 0.25) is 0 Å². The van der Waals surface area contributed by atoms with Gasteiger partial charge in [-0.1, -0.05) is 30.3 Å². The maximum atomic E-state index is 12.5. The van der Waals surface area contributed by atoms with E-state index in [1.807, 2.05) is 49.3 Å². The number of amides is 1. The monoisotopic (exact) mass is 328 g/mol. The second-order valence-electron chi connectivity index (χ2n) is 6.28. The first kappa shape index (κ1) is 16.7. The Kier molecular flexibility index (Phi) is 5.30. The van der Waals surface area contributed by atoms with E-state index in [1.165, 1.54) is 5.56 Å². The van der Waals surface area contributed by atoms with Gasteiger partial charge in [-0.15, -0.1) is 0 Å². The van der Waals surface area contributed by atoms with E-state index in [9.17, 15) is 4.79 Å². The Morgan fingerprint density at radius 3 is 2.71 bits per heavy atom. The molecule has 3 unspecified atom stereocenters. The maximum absolute atomic E-state index is 12.5. The molecule has 1 saturated heterocycles. The summed E-state index contributed by atoms with van der Waals surface area (Å²) in [5.41, 5.74) is 7.48. The van der Waals surface area contributed by atoms with Gasteiger partial charge in [0.05, 0.1) is 12.3 Å². The Morgan fingerprint density at radius 1 is 1.25 bits per heavy atom. The summed E-state index contributed by atoms with van der Waals surface area (Å²) in [6, 6.07) is 13.9. The standard InChI is InChI=1S/C18H24N4O2/c1-22(2)16(17-9-6-10-24-17)12-19-18(23)15-11-14(20-21-15)13-7-4-3-5-8-13/h3-10,14-16,20-21H,11-12H2,1-2H3,(H,19,23). The molecule has 1 aromatic heterocycles. The first-order valence-corrected chi connectivity index (χ1v) is 8.18. The van der Waals surface area contributed by atoms with Crippen molar-refractivity contribution in [2.24, 2.45) is 0 Å². The fraction of sp³-hybridized carbons (Fsp3) is 0.389. The summed E-state index contributed by atoms with van der Waals surface area (Å²) in [6.07, 6.45) is 2.38. The normalized spacial score (nSPS) is 21.8. The van der Waals surface area contributed by atoms with Gasteiger partial charge in [-0.05, 0) is 38.2 Å². The number of carbonyl (C=O) groups excluding carboxylic acids is 1. The first-order chi connectivity index (χ1) is 11.6. The molecule has 2 heterocycles. The number of hydrogen-bond acceptors (Lipinski definition) is 5. The minimum atomic E-state index is -0.241. The van der Waals surface area contributed by atoms with Gasteiger partial charge in [0.15, 0.2) is 0 Å². The van der Waals surface area contributed by atoms with Crippen LogP contribution in [0.3, 0.4) is 0 Å². The van der Waals surface area contributed by atoms with Crippen LogP contribution in [0.4, 0.5) is 0 Å². The molecule has 128 valence electrons. The van der Waals surface area contributed by atoms with Crippen molar-refractivity contribution < 1.29 is 9.21 Å². The molecule has 24 heavy (non-hydrogen) atoms. The van der Waals surface area contributed by atoms with Crippen LogP contribution in [-0.4, -0.2) is 37.5 Å². The number of likely N-dealkylation sites (N-methyl/N-ethyl adjacent to an activating group) is 1. The Balaban J connectivity index is 1.54. The highest BCUT2D eigenvalue weighted by Gasteiger charge is 2.30. The number of nitrogens with one attached hydrogen (secondary N) is 3. The van der Waals surface area contributed by atoms with Gasteiger partial charge in [0.25, 0.3) is 0 Å². The average Bonchev–Trinajstić information content (AvgIpc) is 3.27. The van der Waals surface area contributed by atoms with Crippen LogP contribution in [0.5, 0.6) is 0 Å². The van der Waals surface area contributed by atoms with Gasteiger partial charge in [-0.2, -0.15) is 0 Å². The number of nitrogens with zero attached hydrogens (tertiary/aromatic N) is 1. The fourth-order valence-corrected chi connectivity index (χ4v) is 2.97. The molecule has 0 radical (unpaired) electrons. The van der Waals surface area contributed by atoms with Crippen molar-refractivity contribution in [3.8, 4) is 0 Å². The zero-order chi connectivity index (χ0) is 16.9. The van der Waals surface area contributed by atoms with E-state index in [0.29, 0.717) is 6.54 Å². The van der Waals surface area contributed by atoms with E-state index in [2.05, 4.69) is 28.3 Å². The second-order valence-corrected chi connectivity index (χ2v) is 6.28. The number of furan rings is 1. The molecule has 0 bridgehead atoms. The average molecular weight is 328 g/mol. The first-order valence-electron chi connectivity index (χ1n) is 8.18. The van der Waals surface area contributed by atoms with Crippen molar-refractivity contribution in [2.45, 2.75) is 24.5 Å². The van der Waals surface area contributed by atoms with Crippen LogP contribution >= 0.6 is 0 Å². The Labute approximate surface area is 142 Å². The van der Waals surface area contributed by atoms with Crippen LogP contribution in [-0.2, 0) is 4.79 Å².